The Bertz CT molecular complexity index is 1130. The monoisotopic (exact) mass is 341 g/mol. The van der Waals surface area contributed by atoms with Crippen molar-refractivity contribution in [1.29, 1.82) is 5.26 Å². The van der Waals surface area contributed by atoms with Gasteiger partial charge in [0, 0.05) is 16.6 Å². The zero-order valence-corrected chi connectivity index (χ0v) is 14.1. The molecule has 0 saturated heterocycles. The Balaban J connectivity index is 1.54. The van der Waals surface area contributed by atoms with Gasteiger partial charge in [0.1, 0.15) is 24.1 Å². The van der Waals surface area contributed by atoms with Gasteiger partial charge >= 0.3 is 0 Å². The van der Waals surface area contributed by atoms with Gasteiger partial charge in [-0.15, -0.1) is 5.10 Å². The van der Waals surface area contributed by atoms with E-state index in [-0.39, 0.29) is 5.69 Å². The van der Waals surface area contributed by atoms with Crippen LogP contribution in [0.25, 0.3) is 22.2 Å². The van der Waals surface area contributed by atoms with Gasteiger partial charge in [0.25, 0.3) is 0 Å². The van der Waals surface area contributed by atoms with Gasteiger partial charge in [-0.1, -0.05) is 24.3 Å². The number of aromatic amines is 1. The van der Waals surface area contributed by atoms with Crippen molar-refractivity contribution in [1.82, 2.24) is 20.4 Å². The largest absolute Gasteiger partial charge is 0.489 e. The number of hydrogen-bond acceptors (Lipinski definition) is 5. The Morgan fingerprint density at radius 1 is 1.08 bits per heavy atom. The van der Waals surface area contributed by atoms with Crippen LogP contribution in [0.4, 0.5) is 0 Å². The number of benzene rings is 2. The van der Waals surface area contributed by atoms with Crippen LogP contribution in [0.15, 0.2) is 54.6 Å². The van der Waals surface area contributed by atoms with Crippen LogP contribution in [0.1, 0.15) is 17.0 Å². The lowest BCUT2D eigenvalue weighted by Crippen LogP contribution is -1.96. The predicted octanol–water partition coefficient (Wildman–Crippen LogP) is 3.78. The molecule has 0 fully saturated rings. The standard InChI is InChI=1S/C20H15N5O/c1-13-5-7-15-9-14(6-8-18(15)22-13)12-26-17-4-2-3-16(10-17)20-19(11-21)23-25-24-20/h2-10H,12H2,1H3,(H,23,24,25). The van der Waals surface area contributed by atoms with Gasteiger partial charge in [0.2, 0.25) is 0 Å². The first-order chi connectivity index (χ1) is 12.7. The Labute approximate surface area is 150 Å². The summed E-state index contributed by atoms with van der Waals surface area (Å²) in [5.74, 6) is 0.705. The van der Waals surface area contributed by atoms with E-state index in [0.717, 1.165) is 27.7 Å². The maximum atomic E-state index is 9.08. The molecule has 0 amide bonds. The van der Waals surface area contributed by atoms with E-state index in [1.165, 1.54) is 0 Å². The van der Waals surface area contributed by atoms with E-state index in [1.54, 1.807) is 0 Å². The van der Waals surface area contributed by atoms with Gasteiger partial charge < -0.3 is 4.74 Å². The molecule has 2 aromatic carbocycles. The zero-order chi connectivity index (χ0) is 17.9. The molecule has 126 valence electrons. The lowest BCUT2D eigenvalue weighted by atomic mass is 10.1. The quantitative estimate of drug-likeness (QED) is 0.610. The maximum absolute atomic E-state index is 9.08. The summed E-state index contributed by atoms with van der Waals surface area (Å²) in [4.78, 5) is 4.51. The molecule has 4 aromatic rings. The molecule has 0 aliphatic heterocycles. The molecule has 1 N–H and O–H groups in total. The van der Waals surface area contributed by atoms with Gasteiger partial charge in [-0.2, -0.15) is 15.6 Å². The highest BCUT2D eigenvalue weighted by atomic mass is 16.5. The number of aromatic nitrogens is 4. The Kier molecular flexibility index (Phi) is 4.04. The summed E-state index contributed by atoms with van der Waals surface area (Å²) < 4.78 is 5.92. The molecule has 0 aliphatic carbocycles. The summed E-state index contributed by atoms with van der Waals surface area (Å²) in [5, 5.41) is 20.5. The van der Waals surface area contributed by atoms with Crippen LogP contribution in [0.5, 0.6) is 5.75 Å². The fourth-order valence-electron chi connectivity index (χ4n) is 2.78. The van der Waals surface area contributed by atoms with Gasteiger partial charge in [-0.25, -0.2) is 0 Å². The summed E-state index contributed by atoms with van der Waals surface area (Å²) >= 11 is 0. The molecule has 0 saturated carbocycles. The molecule has 2 aromatic heterocycles. The highest BCUT2D eigenvalue weighted by molar-refractivity contribution is 5.79. The third kappa shape index (κ3) is 3.10. The van der Waals surface area contributed by atoms with Crippen molar-refractivity contribution < 1.29 is 4.74 Å². The molecule has 2 heterocycles. The minimum atomic E-state index is 0.263. The Hall–Kier alpha value is -3.72. The number of rotatable bonds is 4. The van der Waals surface area contributed by atoms with E-state index < -0.39 is 0 Å². The van der Waals surface area contributed by atoms with E-state index in [1.807, 2.05) is 55.5 Å². The number of nitrogens with zero attached hydrogens (tertiary/aromatic N) is 4. The van der Waals surface area contributed by atoms with Crippen LogP contribution in [0.2, 0.25) is 0 Å². The van der Waals surface area contributed by atoms with Crippen molar-refractivity contribution in [3.8, 4) is 23.1 Å². The summed E-state index contributed by atoms with van der Waals surface area (Å²) in [6.07, 6.45) is 0. The van der Waals surface area contributed by atoms with Crippen LogP contribution >= 0.6 is 0 Å². The highest BCUT2D eigenvalue weighted by Crippen LogP contribution is 2.24. The average molecular weight is 341 g/mol. The molecule has 0 bridgehead atoms. The van der Waals surface area contributed by atoms with Crippen molar-refractivity contribution in [3.63, 3.8) is 0 Å². The maximum Gasteiger partial charge on any atom is 0.190 e. The number of nitrogens with one attached hydrogen (secondary N) is 1. The molecule has 4 rings (SSSR count). The molecule has 0 radical (unpaired) electrons. The van der Waals surface area contributed by atoms with Gasteiger partial charge in [0.15, 0.2) is 5.69 Å². The van der Waals surface area contributed by atoms with Crippen LogP contribution in [-0.4, -0.2) is 20.4 Å². The molecule has 0 unspecified atom stereocenters. The molecule has 0 atom stereocenters. The first-order valence-corrected chi connectivity index (χ1v) is 8.13. The summed E-state index contributed by atoms with van der Waals surface area (Å²) in [6, 6.07) is 19.7. The molecule has 6 nitrogen and oxygen atoms in total. The molecule has 6 heteroatoms. The van der Waals surface area contributed by atoms with Crippen molar-refractivity contribution in [2.45, 2.75) is 13.5 Å². The number of H-pyrrole nitrogens is 1. The highest BCUT2D eigenvalue weighted by Gasteiger charge is 2.10. The Morgan fingerprint density at radius 3 is 2.88 bits per heavy atom. The van der Waals surface area contributed by atoms with Gasteiger partial charge in [0.05, 0.1) is 5.52 Å². The van der Waals surface area contributed by atoms with E-state index >= 15 is 0 Å². The second-order valence-corrected chi connectivity index (χ2v) is 5.93. The number of ether oxygens (including phenoxy) is 1. The minimum absolute atomic E-state index is 0.263. The third-order valence-electron chi connectivity index (χ3n) is 4.06. The van der Waals surface area contributed by atoms with Crippen LogP contribution < -0.4 is 4.74 Å². The van der Waals surface area contributed by atoms with E-state index in [0.29, 0.717) is 18.1 Å². The van der Waals surface area contributed by atoms with Crippen molar-refractivity contribution in [3.05, 3.63) is 71.5 Å². The molecule has 0 aliphatic rings. The van der Waals surface area contributed by atoms with Crippen LogP contribution in [-0.2, 0) is 6.61 Å². The zero-order valence-electron chi connectivity index (χ0n) is 14.1. The fourth-order valence-corrected chi connectivity index (χ4v) is 2.78. The second-order valence-electron chi connectivity index (χ2n) is 5.93. The number of aryl methyl sites for hydroxylation is 1. The van der Waals surface area contributed by atoms with Crippen LogP contribution in [0.3, 0.4) is 0 Å². The minimum Gasteiger partial charge on any atom is -0.489 e. The molecular formula is C20H15N5O. The van der Waals surface area contributed by atoms with E-state index in [4.69, 9.17) is 10.00 Å². The summed E-state index contributed by atoms with van der Waals surface area (Å²) in [6.45, 7) is 2.42. The molecular weight excluding hydrogens is 326 g/mol. The number of fused-ring (bicyclic) bond motifs is 1. The second kappa shape index (κ2) is 6.65. The number of pyridine rings is 1. The van der Waals surface area contributed by atoms with Crippen molar-refractivity contribution >= 4 is 10.9 Å². The lowest BCUT2D eigenvalue weighted by molar-refractivity contribution is 0.306. The normalized spacial score (nSPS) is 10.6. The number of nitriles is 1. The van der Waals surface area contributed by atoms with Gasteiger partial charge in [-0.05, 0) is 42.8 Å². The molecule has 0 spiro atoms. The van der Waals surface area contributed by atoms with E-state index in [9.17, 15) is 0 Å². The van der Waals surface area contributed by atoms with Crippen LogP contribution in [0, 0.1) is 18.3 Å². The van der Waals surface area contributed by atoms with Gasteiger partial charge in [-0.3, -0.25) is 4.98 Å². The van der Waals surface area contributed by atoms with Crippen molar-refractivity contribution in [2.75, 3.05) is 0 Å². The lowest BCUT2D eigenvalue weighted by Gasteiger charge is -2.08. The first kappa shape index (κ1) is 15.8. The summed E-state index contributed by atoms with van der Waals surface area (Å²) in [5.41, 5.74) is 4.61. The smallest absolute Gasteiger partial charge is 0.190 e. The van der Waals surface area contributed by atoms with E-state index in [2.05, 4.69) is 32.5 Å². The SMILES string of the molecule is Cc1ccc2cc(COc3cccc(-c4n[nH]nc4C#N)c3)ccc2n1. The predicted molar refractivity (Wildman–Crippen MR) is 97.3 cm³/mol. The third-order valence-corrected chi connectivity index (χ3v) is 4.06. The number of hydrogen-bond donors (Lipinski definition) is 1. The Morgan fingerprint density at radius 2 is 2.00 bits per heavy atom. The average Bonchev–Trinajstić information content (AvgIpc) is 3.15. The molecule has 26 heavy (non-hydrogen) atoms. The first-order valence-electron chi connectivity index (χ1n) is 8.13. The topological polar surface area (TPSA) is 87.5 Å². The fraction of sp³-hybridized carbons (Fsp3) is 0.100. The van der Waals surface area contributed by atoms with Crippen molar-refractivity contribution in [2.24, 2.45) is 0 Å². The summed E-state index contributed by atoms with van der Waals surface area (Å²) in [7, 11) is 0.